The maximum absolute atomic E-state index is 13.0. The molecule has 622 valence electrons. The van der Waals surface area contributed by atoms with Crippen LogP contribution >= 0.6 is 0 Å². The van der Waals surface area contributed by atoms with Gasteiger partial charge >= 0.3 is 0 Å². The van der Waals surface area contributed by atoms with Gasteiger partial charge in [0, 0.05) is 223 Å². The van der Waals surface area contributed by atoms with E-state index in [0.717, 1.165) is 182 Å². The summed E-state index contributed by atoms with van der Waals surface area (Å²) in [5.74, 6) is 0.731. The molecular weight excluding hydrogens is 1540 g/mol. The lowest BCUT2D eigenvalue weighted by Gasteiger charge is -2.30. The Morgan fingerprint density at radius 2 is 0.697 bits per heavy atom. The molecule has 0 radical (unpaired) electrons. The van der Waals surface area contributed by atoms with Crippen LogP contribution in [0.15, 0.2) is 249 Å². The van der Waals surface area contributed by atoms with Crippen LogP contribution in [0.25, 0.3) is 78.3 Å². The number of pyridine rings is 6. The third-order valence-electron chi connectivity index (χ3n) is 19.9. The molecule has 0 atom stereocenters. The van der Waals surface area contributed by atoms with Crippen molar-refractivity contribution >= 4 is 102 Å². The molecule has 32 nitrogen and oxygen atoms in total. The Morgan fingerprint density at radius 1 is 0.320 bits per heavy atom. The van der Waals surface area contributed by atoms with Gasteiger partial charge in [-0.25, -0.2) is 39.9 Å². The van der Waals surface area contributed by atoms with E-state index >= 15 is 0 Å². The van der Waals surface area contributed by atoms with Crippen LogP contribution in [0.1, 0.15) is 71.7 Å². The summed E-state index contributed by atoms with van der Waals surface area (Å²) >= 11 is 0. The first-order chi connectivity index (χ1) is 58.1. The largest absolute Gasteiger partial charge is 0.464 e. The molecule has 3 aromatic carbocycles. The summed E-state index contributed by atoms with van der Waals surface area (Å²) in [6, 6.07) is 43.1. The number of piperazine rings is 4. The maximum atomic E-state index is 13.0. The van der Waals surface area contributed by atoms with Crippen LogP contribution < -0.4 is 62.1 Å². The first kappa shape index (κ1) is 86.5. The quantitative estimate of drug-likeness (QED) is 0.0434. The normalized spacial score (nSPS) is 13.5. The number of hydrogen-bond donors (Lipinski definition) is 9. The number of anilines is 8. The SMILES string of the molecule is C.C.C.C.O=C(Nc1cnccc1N1CCNCC1)c1ccnc(-c2ccc3[nH]ccc3c2)n1.O=C(Nc1cnccc1N1CCNCC1)c1ccnc(-c2ccc3occc3c2)n1.O=C(Nc1cnccc1N1CCNCC1)c1ccnc(-c2cccnc2)n1.O=C(Nc1cnccc1N1CCNCC1)c1ccnc(-c2cnc3ccccc3c2)n1. The monoisotopic (exact) mass is 1640 g/mol. The number of nitrogens with zero attached hydrogens (tertiary/aromatic N) is 18. The highest BCUT2D eigenvalue weighted by Crippen LogP contribution is 2.32. The number of rotatable bonds is 16. The fourth-order valence-electron chi connectivity index (χ4n) is 13.9. The minimum Gasteiger partial charge on any atom is -0.464 e. The number of aromatic amines is 1. The number of fused-ring (bicyclic) bond motifs is 3. The number of carbonyl (C=O) groups is 4. The molecule has 4 amide bonds. The maximum Gasteiger partial charge on any atom is 0.274 e. The standard InChI is InChI=1S/C23H21N7O.C22H21N7O.C22H20N6O2.C19H19N7O.4CH4/c31-23(29-20-15-25-7-6-21(20)30-11-9-24-10-12-30)19-5-8-26-22(28-19)17-13-16-3-1-2-4-18(16)27-14-17;30-22(28-19-14-24-6-5-20(19)29-11-9-23-10-12-29)18-4-8-26-21(27-18)16-1-2-17-15(13-16)3-7-25-17;29-22(27-18-14-24-6-4-19(18)28-10-8-23-9-11-28)17-3-7-25-21(26-17)16-1-2-20-15(13-16)5-12-30-20;27-19(15-3-7-23-18(24-15)14-2-1-5-21-12-14)25-16-13-22-6-4-17(16)26-10-8-20-9-11-26;;;;/h1-8,13-15,24H,9-12H2,(H,29,31);1-8,13-14,23,25H,9-12H2,(H,28,30);1-7,12-14,23H,8-11H2,(H,27,29);1-7,12-13,20H,8-11H2,(H,25,27);4*1H4. The van der Waals surface area contributed by atoms with Gasteiger partial charge in [0.2, 0.25) is 0 Å². The van der Waals surface area contributed by atoms with Gasteiger partial charge in [0.05, 0.1) is 82.1 Å². The van der Waals surface area contributed by atoms with Crippen LogP contribution in [-0.4, -0.2) is 203 Å². The molecule has 15 aromatic rings. The Kier molecular flexibility index (Phi) is 29.8. The van der Waals surface area contributed by atoms with Gasteiger partial charge < -0.3 is 71.5 Å². The molecule has 122 heavy (non-hydrogen) atoms. The third-order valence-corrected chi connectivity index (χ3v) is 19.9. The summed E-state index contributed by atoms with van der Waals surface area (Å²) in [5, 5.41) is 28.2. The number of aromatic nitrogens is 15. The number of amides is 4. The molecule has 4 aliphatic heterocycles. The molecule has 0 saturated carbocycles. The molecule has 0 unspecified atom stereocenters. The lowest BCUT2D eigenvalue weighted by molar-refractivity contribution is 0.101. The molecule has 9 N–H and O–H groups in total. The fraction of sp³-hybridized carbons (Fsp3) is 0.222. The average molecular weight is 1640 g/mol. The van der Waals surface area contributed by atoms with Crippen molar-refractivity contribution in [3.8, 4) is 45.6 Å². The molecule has 4 saturated heterocycles. The Morgan fingerprint density at radius 3 is 1.11 bits per heavy atom. The van der Waals surface area contributed by atoms with Gasteiger partial charge in [-0.15, -0.1) is 0 Å². The van der Waals surface area contributed by atoms with Crippen molar-refractivity contribution in [2.45, 2.75) is 29.7 Å². The second kappa shape index (κ2) is 42.0. The Balaban J connectivity index is 0.000000147. The number of carbonyl (C=O) groups excluding carboxylic acids is 4. The van der Waals surface area contributed by atoms with Gasteiger partial charge in [0.1, 0.15) is 28.4 Å². The Hall–Kier alpha value is -14.9. The third kappa shape index (κ3) is 21.3. The number of H-pyrrole nitrogens is 1. The molecule has 19 rings (SSSR count). The molecule has 32 heteroatoms. The van der Waals surface area contributed by atoms with Crippen molar-refractivity contribution in [1.82, 2.24) is 96.0 Å². The van der Waals surface area contributed by atoms with Crippen molar-refractivity contribution in [3.63, 3.8) is 0 Å². The van der Waals surface area contributed by atoms with E-state index in [2.05, 4.69) is 137 Å². The number of hydrogen-bond acceptors (Lipinski definition) is 27. The molecule has 4 aliphatic rings. The van der Waals surface area contributed by atoms with E-state index in [4.69, 9.17) is 4.42 Å². The van der Waals surface area contributed by atoms with E-state index in [-0.39, 0.29) is 59.0 Å². The van der Waals surface area contributed by atoms with Gasteiger partial charge in [0.15, 0.2) is 23.3 Å². The van der Waals surface area contributed by atoms with E-state index < -0.39 is 0 Å². The number of furan rings is 1. The molecule has 0 spiro atoms. The lowest BCUT2D eigenvalue weighted by atomic mass is 10.1. The van der Waals surface area contributed by atoms with Crippen LogP contribution in [0.5, 0.6) is 0 Å². The average Bonchev–Trinajstić information content (AvgIpc) is 1.38. The summed E-state index contributed by atoms with van der Waals surface area (Å²) in [5.41, 5.74) is 13.7. The number of para-hydroxylation sites is 1. The Labute approximate surface area is 706 Å². The smallest absolute Gasteiger partial charge is 0.274 e. The fourth-order valence-corrected chi connectivity index (χ4v) is 13.9. The Bertz CT molecular complexity index is 5820. The predicted octanol–water partition coefficient (Wildman–Crippen LogP) is 12.5. The van der Waals surface area contributed by atoms with Crippen LogP contribution in [0, 0.1) is 0 Å². The van der Waals surface area contributed by atoms with Gasteiger partial charge in [-0.05, 0) is 121 Å². The van der Waals surface area contributed by atoms with E-state index in [0.29, 0.717) is 63.1 Å². The van der Waals surface area contributed by atoms with Crippen LogP contribution in [0.2, 0.25) is 0 Å². The summed E-state index contributed by atoms with van der Waals surface area (Å²) in [7, 11) is 0. The molecule has 4 fully saturated rings. The highest BCUT2D eigenvalue weighted by molar-refractivity contribution is 6.07. The minimum absolute atomic E-state index is 0. The molecule has 0 bridgehead atoms. The van der Waals surface area contributed by atoms with Crippen LogP contribution in [0.3, 0.4) is 0 Å². The van der Waals surface area contributed by atoms with Crippen molar-refractivity contribution in [2.24, 2.45) is 0 Å². The lowest BCUT2D eigenvalue weighted by Crippen LogP contribution is -2.43. The zero-order chi connectivity index (χ0) is 80.2. The molecule has 12 aromatic heterocycles. The van der Waals surface area contributed by atoms with Crippen molar-refractivity contribution in [3.05, 3.63) is 268 Å². The molecular formula is C90H97N27O5. The zero-order valence-electron chi connectivity index (χ0n) is 64.0. The minimum atomic E-state index is -0.304. The number of nitrogens with one attached hydrogen (secondary N) is 9. The van der Waals surface area contributed by atoms with E-state index in [1.165, 1.54) is 0 Å². The summed E-state index contributed by atoms with van der Waals surface area (Å²) in [6.45, 7) is 14.3. The van der Waals surface area contributed by atoms with Crippen LogP contribution in [-0.2, 0) is 0 Å². The summed E-state index contributed by atoms with van der Waals surface area (Å²) in [6.07, 6.45) is 28.6. The second-order valence-electron chi connectivity index (χ2n) is 27.5. The van der Waals surface area contributed by atoms with Gasteiger partial charge in [-0.1, -0.05) is 47.9 Å². The molecule has 0 aliphatic carbocycles. The van der Waals surface area contributed by atoms with Gasteiger partial charge in [-0.2, -0.15) is 0 Å². The topological polar surface area (TPSA) is 387 Å². The van der Waals surface area contributed by atoms with Crippen LogP contribution in [0.4, 0.5) is 45.5 Å². The van der Waals surface area contributed by atoms with E-state index in [1.807, 2.05) is 115 Å². The van der Waals surface area contributed by atoms with Crippen molar-refractivity contribution in [1.29, 1.82) is 0 Å². The van der Waals surface area contributed by atoms with E-state index in [9.17, 15) is 19.2 Å². The van der Waals surface area contributed by atoms with E-state index in [1.54, 1.807) is 130 Å². The summed E-state index contributed by atoms with van der Waals surface area (Å²) in [4.78, 5) is 124. The summed E-state index contributed by atoms with van der Waals surface area (Å²) < 4.78 is 5.38. The molecule has 16 heterocycles. The van der Waals surface area contributed by atoms with Gasteiger partial charge in [0.25, 0.3) is 23.6 Å². The second-order valence-corrected chi connectivity index (χ2v) is 27.5. The highest BCUT2D eigenvalue weighted by atomic mass is 16.3. The highest BCUT2D eigenvalue weighted by Gasteiger charge is 2.24. The van der Waals surface area contributed by atoms with Crippen molar-refractivity contribution < 1.29 is 23.6 Å². The first-order valence-corrected chi connectivity index (χ1v) is 38.6. The van der Waals surface area contributed by atoms with Gasteiger partial charge in [-0.3, -0.25) is 49.1 Å². The number of benzene rings is 3. The van der Waals surface area contributed by atoms with Crippen molar-refractivity contribution in [2.75, 3.05) is 146 Å². The predicted molar refractivity (Wildman–Crippen MR) is 481 cm³/mol. The first-order valence-electron chi connectivity index (χ1n) is 38.6. The zero-order valence-corrected chi connectivity index (χ0v) is 64.0.